The van der Waals surface area contributed by atoms with Crippen molar-refractivity contribution < 1.29 is 14.3 Å². The second-order valence-corrected chi connectivity index (χ2v) is 8.97. The first-order valence-corrected chi connectivity index (χ1v) is 11.9. The normalized spacial score (nSPS) is 14.1. The minimum atomic E-state index is 0.0194. The topological polar surface area (TPSA) is 43.7 Å². The number of ether oxygens (including phenoxy) is 2. The molecule has 1 saturated carbocycles. The number of rotatable bonds is 9. The highest BCUT2D eigenvalue weighted by molar-refractivity contribution is 6.30. The number of hydrogen-bond donors (Lipinski definition) is 0. The van der Waals surface area contributed by atoms with Crippen LogP contribution < -0.4 is 9.47 Å². The second-order valence-electron chi connectivity index (χ2n) is 8.54. The summed E-state index contributed by atoms with van der Waals surface area (Å²) in [6.07, 6.45) is 7.73. The van der Waals surface area contributed by atoms with E-state index in [1.807, 2.05) is 29.2 Å². The monoisotopic (exact) mass is 466 g/mol. The van der Waals surface area contributed by atoms with Crippen LogP contribution in [0, 0.1) is 0 Å². The lowest BCUT2D eigenvalue weighted by atomic mass is 9.94. The molecule has 174 valence electrons. The predicted octanol–water partition coefficient (Wildman–Crippen LogP) is 5.94. The van der Waals surface area contributed by atoms with Crippen LogP contribution in [0.25, 0.3) is 0 Å². The SMILES string of the molecule is COc1cccc(Cn2cccc2CN(C(=O)COc2ccc(Cl)cc2)C2CCCCC2)c1. The summed E-state index contributed by atoms with van der Waals surface area (Å²) < 4.78 is 13.4. The van der Waals surface area contributed by atoms with Gasteiger partial charge in [0.25, 0.3) is 5.91 Å². The van der Waals surface area contributed by atoms with Gasteiger partial charge >= 0.3 is 0 Å². The Kier molecular flexibility index (Phi) is 7.95. The van der Waals surface area contributed by atoms with E-state index in [-0.39, 0.29) is 18.6 Å². The van der Waals surface area contributed by atoms with Crippen LogP contribution in [0.15, 0.2) is 66.9 Å². The molecular weight excluding hydrogens is 436 g/mol. The quantitative estimate of drug-likeness (QED) is 0.392. The van der Waals surface area contributed by atoms with E-state index in [1.54, 1.807) is 31.4 Å². The van der Waals surface area contributed by atoms with Crippen molar-refractivity contribution in [2.24, 2.45) is 0 Å². The first-order chi connectivity index (χ1) is 16.1. The van der Waals surface area contributed by atoms with Crippen molar-refractivity contribution in [1.29, 1.82) is 0 Å². The van der Waals surface area contributed by atoms with Gasteiger partial charge in [-0.25, -0.2) is 0 Å². The van der Waals surface area contributed by atoms with Crippen molar-refractivity contribution in [1.82, 2.24) is 9.47 Å². The molecule has 5 nitrogen and oxygen atoms in total. The molecule has 2 aromatic carbocycles. The molecule has 33 heavy (non-hydrogen) atoms. The highest BCUT2D eigenvalue weighted by Gasteiger charge is 2.26. The van der Waals surface area contributed by atoms with Gasteiger partial charge in [-0.05, 0) is 66.9 Å². The number of hydrogen-bond acceptors (Lipinski definition) is 3. The molecule has 1 amide bonds. The number of carbonyl (C=O) groups excluding carboxylic acids is 1. The average Bonchev–Trinajstić information content (AvgIpc) is 3.29. The smallest absolute Gasteiger partial charge is 0.261 e. The lowest BCUT2D eigenvalue weighted by Gasteiger charge is -2.34. The zero-order valence-corrected chi connectivity index (χ0v) is 19.8. The van der Waals surface area contributed by atoms with Crippen molar-refractivity contribution in [3.63, 3.8) is 0 Å². The van der Waals surface area contributed by atoms with E-state index in [9.17, 15) is 4.79 Å². The van der Waals surface area contributed by atoms with Gasteiger partial charge in [0, 0.05) is 29.5 Å². The van der Waals surface area contributed by atoms with Gasteiger partial charge in [0.05, 0.1) is 13.7 Å². The summed E-state index contributed by atoms with van der Waals surface area (Å²) >= 11 is 5.96. The highest BCUT2D eigenvalue weighted by atomic mass is 35.5. The highest BCUT2D eigenvalue weighted by Crippen LogP contribution is 2.25. The van der Waals surface area contributed by atoms with Gasteiger partial charge < -0.3 is 18.9 Å². The van der Waals surface area contributed by atoms with Crippen molar-refractivity contribution in [2.45, 2.75) is 51.2 Å². The standard InChI is InChI=1S/C27H31ClN2O3/c1-32-26-11-5-7-21(17-26)18-29-16-6-10-24(29)19-30(23-8-3-2-4-9-23)27(31)20-33-25-14-12-22(28)13-15-25/h5-7,10-17,23H,2-4,8-9,18-20H2,1H3. The Hall–Kier alpha value is -2.92. The molecule has 0 aliphatic heterocycles. The van der Waals surface area contributed by atoms with E-state index in [2.05, 4.69) is 22.9 Å². The summed E-state index contributed by atoms with van der Waals surface area (Å²) in [4.78, 5) is 15.3. The first kappa shape index (κ1) is 23.2. The number of nitrogens with zero attached hydrogens (tertiary/aromatic N) is 2. The van der Waals surface area contributed by atoms with Gasteiger partial charge in [0.2, 0.25) is 0 Å². The maximum Gasteiger partial charge on any atom is 0.261 e. The minimum absolute atomic E-state index is 0.0194. The maximum absolute atomic E-state index is 13.3. The molecule has 0 bridgehead atoms. The van der Waals surface area contributed by atoms with E-state index in [0.29, 0.717) is 17.3 Å². The van der Waals surface area contributed by atoms with Gasteiger partial charge in [-0.15, -0.1) is 0 Å². The van der Waals surface area contributed by atoms with Gasteiger partial charge in [0.15, 0.2) is 6.61 Å². The summed E-state index contributed by atoms with van der Waals surface area (Å²) in [6.45, 7) is 1.33. The molecule has 0 radical (unpaired) electrons. The summed E-state index contributed by atoms with van der Waals surface area (Å²) in [5.41, 5.74) is 2.27. The number of methoxy groups -OCH3 is 1. The Morgan fingerprint density at radius 1 is 1.03 bits per heavy atom. The van der Waals surface area contributed by atoms with E-state index >= 15 is 0 Å². The maximum atomic E-state index is 13.3. The fourth-order valence-corrected chi connectivity index (χ4v) is 4.59. The average molecular weight is 467 g/mol. The third kappa shape index (κ3) is 6.32. The van der Waals surface area contributed by atoms with Crippen molar-refractivity contribution in [2.75, 3.05) is 13.7 Å². The fraction of sp³-hybridized carbons (Fsp3) is 0.370. The molecule has 3 aromatic rings. The molecule has 4 rings (SSSR count). The summed E-state index contributed by atoms with van der Waals surface area (Å²) in [5.74, 6) is 1.52. The molecule has 1 heterocycles. The van der Waals surface area contributed by atoms with Crippen LogP contribution in [0.2, 0.25) is 5.02 Å². The van der Waals surface area contributed by atoms with Crippen LogP contribution in [0.5, 0.6) is 11.5 Å². The number of carbonyl (C=O) groups is 1. The van der Waals surface area contributed by atoms with Crippen LogP contribution in [0.1, 0.15) is 43.4 Å². The number of aromatic nitrogens is 1. The predicted molar refractivity (Wildman–Crippen MR) is 131 cm³/mol. The molecule has 0 saturated heterocycles. The summed E-state index contributed by atoms with van der Waals surface area (Å²) in [5, 5.41) is 0.648. The van der Waals surface area contributed by atoms with E-state index < -0.39 is 0 Å². The van der Waals surface area contributed by atoms with Gasteiger partial charge in [-0.1, -0.05) is 43.0 Å². The first-order valence-electron chi connectivity index (χ1n) is 11.6. The third-order valence-corrected chi connectivity index (χ3v) is 6.51. The largest absolute Gasteiger partial charge is 0.497 e. The minimum Gasteiger partial charge on any atom is -0.497 e. The van der Waals surface area contributed by atoms with Crippen LogP contribution in [0.4, 0.5) is 0 Å². The number of amides is 1. The Bertz CT molecular complexity index is 1040. The zero-order valence-electron chi connectivity index (χ0n) is 19.1. The Morgan fingerprint density at radius 2 is 1.82 bits per heavy atom. The van der Waals surface area contributed by atoms with Gasteiger partial charge in [-0.3, -0.25) is 4.79 Å². The molecule has 0 unspecified atom stereocenters. The van der Waals surface area contributed by atoms with Crippen molar-refractivity contribution >= 4 is 17.5 Å². The zero-order chi connectivity index (χ0) is 23.0. The van der Waals surface area contributed by atoms with Crippen LogP contribution >= 0.6 is 11.6 Å². The van der Waals surface area contributed by atoms with Crippen LogP contribution in [-0.2, 0) is 17.9 Å². The molecule has 0 N–H and O–H groups in total. The second kappa shape index (κ2) is 11.3. The van der Waals surface area contributed by atoms with Gasteiger partial charge in [-0.2, -0.15) is 0 Å². The molecule has 0 atom stereocenters. The molecular formula is C27H31ClN2O3. The summed E-state index contributed by atoms with van der Waals surface area (Å²) in [7, 11) is 1.68. The van der Waals surface area contributed by atoms with E-state index in [4.69, 9.17) is 21.1 Å². The molecule has 0 spiro atoms. The number of halogens is 1. The lowest BCUT2D eigenvalue weighted by Crippen LogP contribution is -2.43. The molecule has 1 aliphatic rings. The van der Waals surface area contributed by atoms with E-state index in [1.165, 1.54) is 6.42 Å². The Morgan fingerprint density at radius 3 is 2.58 bits per heavy atom. The Labute approximate surface area is 200 Å². The fourth-order valence-electron chi connectivity index (χ4n) is 4.46. The molecule has 1 aliphatic carbocycles. The van der Waals surface area contributed by atoms with E-state index in [0.717, 1.165) is 49.2 Å². The molecule has 6 heteroatoms. The summed E-state index contributed by atoms with van der Waals surface area (Å²) in [6, 6.07) is 19.6. The molecule has 1 aromatic heterocycles. The molecule has 1 fully saturated rings. The lowest BCUT2D eigenvalue weighted by molar-refractivity contribution is -0.137. The van der Waals surface area contributed by atoms with Crippen LogP contribution in [0.3, 0.4) is 0 Å². The van der Waals surface area contributed by atoms with Crippen molar-refractivity contribution in [3.8, 4) is 11.5 Å². The Balaban J connectivity index is 1.48. The van der Waals surface area contributed by atoms with Crippen LogP contribution in [-0.4, -0.2) is 35.1 Å². The third-order valence-electron chi connectivity index (χ3n) is 6.25. The van der Waals surface area contributed by atoms with Gasteiger partial charge in [0.1, 0.15) is 11.5 Å². The number of benzene rings is 2. The van der Waals surface area contributed by atoms with Crippen molar-refractivity contribution in [3.05, 3.63) is 83.1 Å².